The topological polar surface area (TPSA) is 107 Å². The summed E-state index contributed by atoms with van der Waals surface area (Å²) < 4.78 is 39.0. The maximum absolute atomic E-state index is 12.7. The second-order valence-electron chi connectivity index (χ2n) is 5.50. The quantitative estimate of drug-likeness (QED) is 0.650. The number of ether oxygens (including phenoxy) is 2. The lowest BCUT2D eigenvalue weighted by molar-refractivity contribution is -0.114. The third-order valence-electron chi connectivity index (χ3n) is 3.59. The van der Waals surface area contributed by atoms with Crippen LogP contribution in [-0.4, -0.2) is 33.5 Å². The molecule has 0 atom stereocenters. The number of carbonyl (C=O) groups is 1. The van der Waals surface area contributed by atoms with Crippen LogP contribution in [0.15, 0.2) is 41.3 Å². The highest BCUT2D eigenvalue weighted by atomic mass is 32.2. The molecular formula is C17H17N3O5S2. The Kier molecular flexibility index (Phi) is 5.19. The number of rotatable bonds is 6. The number of hydrogen-bond donors (Lipinski definition) is 2. The number of aromatic nitrogens is 1. The van der Waals surface area contributed by atoms with Gasteiger partial charge in [0.05, 0.1) is 35.0 Å². The molecule has 3 rings (SSSR count). The zero-order valence-corrected chi connectivity index (χ0v) is 16.4. The fourth-order valence-corrected chi connectivity index (χ4v) is 4.35. The fraction of sp³-hybridized carbons (Fsp3) is 0.176. The van der Waals surface area contributed by atoms with Crippen molar-refractivity contribution in [3.05, 3.63) is 36.4 Å². The number of benzene rings is 2. The van der Waals surface area contributed by atoms with Gasteiger partial charge in [-0.3, -0.25) is 9.52 Å². The van der Waals surface area contributed by atoms with Gasteiger partial charge in [-0.25, -0.2) is 13.4 Å². The van der Waals surface area contributed by atoms with Crippen molar-refractivity contribution in [3.8, 4) is 11.5 Å². The van der Waals surface area contributed by atoms with Gasteiger partial charge in [0.25, 0.3) is 10.0 Å². The number of carbonyl (C=O) groups excluding carboxylic acids is 1. The van der Waals surface area contributed by atoms with Crippen LogP contribution >= 0.6 is 11.3 Å². The molecule has 1 aromatic heterocycles. The standard InChI is InChI=1S/C17H17N3O5S2/c1-10(21)18-17-19-13-8-11(4-7-16(13)26-17)20-27(22,23)12-5-6-14(24-2)15(9-12)25-3/h4-9,20H,1-3H3,(H,18,19,21). The molecule has 27 heavy (non-hydrogen) atoms. The van der Waals surface area contributed by atoms with Crippen LogP contribution in [0.5, 0.6) is 11.5 Å². The Morgan fingerprint density at radius 1 is 1.07 bits per heavy atom. The first-order valence-corrected chi connectivity index (χ1v) is 10.1. The van der Waals surface area contributed by atoms with Gasteiger partial charge in [0.1, 0.15) is 0 Å². The van der Waals surface area contributed by atoms with Crippen molar-refractivity contribution >= 4 is 48.3 Å². The fourth-order valence-electron chi connectivity index (χ4n) is 2.39. The molecule has 2 aromatic carbocycles. The number of nitrogens with zero attached hydrogens (tertiary/aromatic N) is 1. The highest BCUT2D eigenvalue weighted by molar-refractivity contribution is 7.92. The minimum Gasteiger partial charge on any atom is -0.493 e. The molecule has 3 aromatic rings. The van der Waals surface area contributed by atoms with Crippen LogP contribution in [0.3, 0.4) is 0 Å². The molecule has 0 fully saturated rings. The molecule has 142 valence electrons. The smallest absolute Gasteiger partial charge is 0.262 e. The Morgan fingerprint density at radius 3 is 2.48 bits per heavy atom. The van der Waals surface area contributed by atoms with E-state index in [0.717, 1.165) is 4.70 Å². The summed E-state index contributed by atoms with van der Waals surface area (Å²) in [6.45, 7) is 1.40. The molecule has 0 spiro atoms. The Bertz CT molecular complexity index is 1110. The van der Waals surface area contributed by atoms with Crippen molar-refractivity contribution in [2.45, 2.75) is 11.8 Å². The van der Waals surface area contributed by atoms with E-state index in [0.29, 0.717) is 27.8 Å². The summed E-state index contributed by atoms with van der Waals surface area (Å²) in [5.41, 5.74) is 0.938. The summed E-state index contributed by atoms with van der Waals surface area (Å²) in [5.74, 6) is 0.532. The number of thiazole rings is 1. The maximum Gasteiger partial charge on any atom is 0.262 e. The summed E-state index contributed by atoms with van der Waals surface area (Å²) >= 11 is 1.31. The van der Waals surface area contributed by atoms with E-state index in [2.05, 4.69) is 15.0 Å². The number of fused-ring (bicyclic) bond motifs is 1. The third kappa shape index (κ3) is 4.12. The largest absolute Gasteiger partial charge is 0.493 e. The van der Waals surface area contributed by atoms with Gasteiger partial charge in [-0.2, -0.15) is 0 Å². The molecule has 0 bridgehead atoms. The Balaban J connectivity index is 1.90. The summed E-state index contributed by atoms with van der Waals surface area (Å²) in [4.78, 5) is 15.5. The highest BCUT2D eigenvalue weighted by Gasteiger charge is 2.18. The highest BCUT2D eigenvalue weighted by Crippen LogP contribution is 2.31. The van der Waals surface area contributed by atoms with Crippen molar-refractivity contribution < 1.29 is 22.7 Å². The normalized spacial score (nSPS) is 11.2. The van der Waals surface area contributed by atoms with Gasteiger partial charge in [-0.1, -0.05) is 11.3 Å². The lowest BCUT2D eigenvalue weighted by Crippen LogP contribution is -2.13. The summed E-state index contributed by atoms with van der Waals surface area (Å²) in [6.07, 6.45) is 0. The first-order chi connectivity index (χ1) is 12.8. The van der Waals surface area contributed by atoms with Crippen LogP contribution in [0.2, 0.25) is 0 Å². The molecule has 0 radical (unpaired) electrons. The number of anilines is 2. The van der Waals surface area contributed by atoms with Crippen molar-refractivity contribution in [3.63, 3.8) is 0 Å². The number of sulfonamides is 1. The lowest BCUT2D eigenvalue weighted by Gasteiger charge is -2.11. The minimum atomic E-state index is -3.83. The Labute approximate surface area is 160 Å². The predicted molar refractivity (Wildman–Crippen MR) is 104 cm³/mol. The monoisotopic (exact) mass is 407 g/mol. The second kappa shape index (κ2) is 7.41. The van der Waals surface area contributed by atoms with Gasteiger partial charge in [0, 0.05) is 13.0 Å². The predicted octanol–water partition coefficient (Wildman–Crippen LogP) is 3.07. The molecule has 0 saturated carbocycles. The van der Waals surface area contributed by atoms with E-state index in [4.69, 9.17) is 9.47 Å². The van der Waals surface area contributed by atoms with E-state index >= 15 is 0 Å². The average Bonchev–Trinajstić information content (AvgIpc) is 3.01. The van der Waals surface area contributed by atoms with E-state index in [9.17, 15) is 13.2 Å². The van der Waals surface area contributed by atoms with E-state index in [1.807, 2.05) is 0 Å². The van der Waals surface area contributed by atoms with Crippen molar-refractivity contribution in [2.24, 2.45) is 0 Å². The first-order valence-electron chi connectivity index (χ1n) is 7.75. The van der Waals surface area contributed by atoms with E-state index in [-0.39, 0.29) is 10.8 Å². The molecule has 0 saturated heterocycles. The van der Waals surface area contributed by atoms with Crippen molar-refractivity contribution in [1.82, 2.24) is 4.98 Å². The van der Waals surface area contributed by atoms with Gasteiger partial charge < -0.3 is 14.8 Å². The van der Waals surface area contributed by atoms with Gasteiger partial charge in [0.2, 0.25) is 5.91 Å². The molecular weight excluding hydrogens is 390 g/mol. The number of methoxy groups -OCH3 is 2. The van der Waals surface area contributed by atoms with Gasteiger partial charge >= 0.3 is 0 Å². The molecule has 1 heterocycles. The number of amides is 1. The molecule has 0 aliphatic carbocycles. The number of nitrogens with one attached hydrogen (secondary N) is 2. The lowest BCUT2D eigenvalue weighted by atomic mass is 10.3. The molecule has 1 amide bonds. The van der Waals surface area contributed by atoms with E-state index in [1.54, 1.807) is 18.2 Å². The van der Waals surface area contributed by atoms with Gasteiger partial charge in [-0.15, -0.1) is 0 Å². The van der Waals surface area contributed by atoms with Gasteiger partial charge in [0.15, 0.2) is 16.6 Å². The van der Waals surface area contributed by atoms with E-state index < -0.39 is 10.0 Å². The van der Waals surface area contributed by atoms with Crippen molar-refractivity contribution in [2.75, 3.05) is 24.3 Å². The van der Waals surface area contributed by atoms with Crippen LogP contribution in [0.4, 0.5) is 10.8 Å². The van der Waals surface area contributed by atoms with Crippen LogP contribution < -0.4 is 19.5 Å². The van der Waals surface area contributed by atoms with Crippen LogP contribution in [-0.2, 0) is 14.8 Å². The summed E-state index contributed by atoms with van der Waals surface area (Å²) in [5, 5.41) is 3.07. The minimum absolute atomic E-state index is 0.0393. The number of hydrogen-bond acceptors (Lipinski definition) is 7. The summed E-state index contributed by atoms with van der Waals surface area (Å²) in [6, 6.07) is 9.32. The molecule has 0 aliphatic heterocycles. The second-order valence-corrected chi connectivity index (χ2v) is 8.22. The van der Waals surface area contributed by atoms with E-state index in [1.165, 1.54) is 50.7 Å². The molecule has 2 N–H and O–H groups in total. The molecule has 8 nitrogen and oxygen atoms in total. The molecule has 0 unspecified atom stereocenters. The zero-order valence-electron chi connectivity index (χ0n) is 14.8. The van der Waals surface area contributed by atoms with Crippen molar-refractivity contribution in [1.29, 1.82) is 0 Å². The van der Waals surface area contributed by atoms with Crippen LogP contribution in [0.1, 0.15) is 6.92 Å². The Morgan fingerprint density at radius 2 is 1.81 bits per heavy atom. The third-order valence-corrected chi connectivity index (χ3v) is 5.92. The summed E-state index contributed by atoms with van der Waals surface area (Å²) in [7, 11) is -0.922. The molecule has 10 heteroatoms. The maximum atomic E-state index is 12.7. The first kappa shape index (κ1) is 18.9. The van der Waals surface area contributed by atoms with Gasteiger partial charge in [-0.05, 0) is 30.3 Å². The van der Waals surface area contributed by atoms with Crippen LogP contribution in [0.25, 0.3) is 10.2 Å². The Hall–Kier alpha value is -2.85. The molecule has 0 aliphatic rings. The SMILES string of the molecule is COc1ccc(S(=O)(=O)Nc2ccc3sc(NC(C)=O)nc3c2)cc1OC. The zero-order chi connectivity index (χ0) is 19.6. The van der Waals surface area contributed by atoms with Crippen LogP contribution in [0, 0.1) is 0 Å². The average molecular weight is 407 g/mol.